The van der Waals surface area contributed by atoms with Crippen molar-refractivity contribution < 1.29 is 10.0 Å². The van der Waals surface area contributed by atoms with Gasteiger partial charge in [-0.15, -0.1) is 0 Å². The van der Waals surface area contributed by atoms with E-state index in [1.54, 1.807) is 30.3 Å². The second-order valence-electron chi connectivity index (χ2n) is 4.26. The van der Waals surface area contributed by atoms with Crippen molar-refractivity contribution in [1.29, 1.82) is 0 Å². The predicted molar refractivity (Wildman–Crippen MR) is 73.2 cm³/mol. The van der Waals surface area contributed by atoms with Crippen LogP contribution in [0.5, 0.6) is 5.75 Å². The number of aromatic hydroxyl groups is 1. The van der Waals surface area contributed by atoms with Crippen LogP contribution in [-0.2, 0) is 0 Å². The van der Waals surface area contributed by atoms with Crippen LogP contribution >= 0.6 is 0 Å². The first kappa shape index (κ1) is 12.9. The fraction of sp³-hybridized carbons (Fsp3) is 0.143. The molecule has 0 radical (unpaired) electrons. The van der Waals surface area contributed by atoms with Gasteiger partial charge in [0.25, 0.3) is 5.69 Å². The van der Waals surface area contributed by atoms with Crippen LogP contribution in [0, 0.1) is 10.1 Å². The summed E-state index contributed by atoms with van der Waals surface area (Å²) in [6.45, 7) is 1.95. The maximum atomic E-state index is 10.6. The summed E-state index contributed by atoms with van der Waals surface area (Å²) in [5.74, 6) is 0.217. The molecule has 0 aliphatic carbocycles. The van der Waals surface area contributed by atoms with Gasteiger partial charge in [-0.1, -0.05) is 12.1 Å². The van der Waals surface area contributed by atoms with Crippen LogP contribution in [0.15, 0.2) is 48.5 Å². The van der Waals surface area contributed by atoms with E-state index in [2.05, 4.69) is 5.32 Å². The zero-order chi connectivity index (χ0) is 13.8. The van der Waals surface area contributed by atoms with Crippen molar-refractivity contribution in [3.63, 3.8) is 0 Å². The molecule has 98 valence electrons. The standard InChI is InChI=1S/C14H14N2O3/c1-10(11-3-2-4-14(17)9-11)15-12-5-7-13(8-6-12)16(18)19/h2-10,15,17H,1H3. The molecule has 0 aliphatic heterocycles. The number of nitro groups is 1. The second kappa shape index (κ2) is 5.39. The Morgan fingerprint density at radius 3 is 2.47 bits per heavy atom. The number of rotatable bonds is 4. The Hall–Kier alpha value is -2.56. The number of phenols is 1. The largest absolute Gasteiger partial charge is 0.508 e. The summed E-state index contributed by atoms with van der Waals surface area (Å²) >= 11 is 0. The highest BCUT2D eigenvalue weighted by Crippen LogP contribution is 2.23. The van der Waals surface area contributed by atoms with Gasteiger partial charge >= 0.3 is 0 Å². The average Bonchev–Trinajstić information content (AvgIpc) is 2.39. The van der Waals surface area contributed by atoms with Crippen molar-refractivity contribution in [2.75, 3.05) is 5.32 Å². The number of benzene rings is 2. The summed E-state index contributed by atoms with van der Waals surface area (Å²) in [5.41, 5.74) is 1.80. The fourth-order valence-electron chi connectivity index (χ4n) is 1.81. The van der Waals surface area contributed by atoms with E-state index >= 15 is 0 Å². The van der Waals surface area contributed by atoms with Gasteiger partial charge in [0.2, 0.25) is 0 Å². The molecule has 2 N–H and O–H groups in total. The fourth-order valence-corrected chi connectivity index (χ4v) is 1.81. The van der Waals surface area contributed by atoms with Gasteiger partial charge in [-0.05, 0) is 36.8 Å². The minimum absolute atomic E-state index is 0.00597. The third-order valence-electron chi connectivity index (χ3n) is 2.83. The van der Waals surface area contributed by atoms with Crippen molar-refractivity contribution in [2.45, 2.75) is 13.0 Å². The normalized spacial score (nSPS) is 11.8. The quantitative estimate of drug-likeness (QED) is 0.650. The van der Waals surface area contributed by atoms with Crippen LogP contribution < -0.4 is 5.32 Å². The summed E-state index contributed by atoms with van der Waals surface area (Å²) in [6, 6.07) is 13.2. The molecule has 0 saturated carbocycles. The number of phenolic OH excluding ortho intramolecular Hbond substituents is 1. The highest BCUT2D eigenvalue weighted by Gasteiger charge is 2.08. The summed E-state index contributed by atoms with van der Waals surface area (Å²) in [7, 11) is 0. The van der Waals surface area contributed by atoms with Crippen LogP contribution in [-0.4, -0.2) is 10.0 Å². The number of non-ortho nitro benzene ring substituents is 1. The second-order valence-corrected chi connectivity index (χ2v) is 4.26. The molecule has 5 nitrogen and oxygen atoms in total. The van der Waals surface area contributed by atoms with E-state index in [1.807, 2.05) is 13.0 Å². The molecule has 2 rings (SSSR count). The maximum Gasteiger partial charge on any atom is 0.269 e. The molecule has 0 fully saturated rings. The Bertz CT molecular complexity index is 581. The summed E-state index contributed by atoms with van der Waals surface area (Å²) in [4.78, 5) is 10.1. The molecular formula is C14H14N2O3. The summed E-state index contributed by atoms with van der Waals surface area (Å²) < 4.78 is 0. The Morgan fingerprint density at radius 2 is 1.89 bits per heavy atom. The highest BCUT2D eigenvalue weighted by molar-refractivity contribution is 5.50. The van der Waals surface area contributed by atoms with Crippen molar-refractivity contribution in [1.82, 2.24) is 0 Å². The van der Waals surface area contributed by atoms with Crippen LogP contribution in [0.1, 0.15) is 18.5 Å². The van der Waals surface area contributed by atoms with E-state index in [4.69, 9.17) is 0 Å². The van der Waals surface area contributed by atoms with Crippen LogP contribution in [0.2, 0.25) is 0 Å². The monoisotopic (exact) mass is 258 g/mol. The number of anilines is 1. The molecule has 0 amide bonds. The van der Waals surface area contributed by atoms with E-state index in [0.717, 1.165) is 11.3 Å². The Morgan fingerprint density at radius 1 is 1.21 bits per heavy atom. The summed E-state index contributed by atoms with van der Waals surface area (Å²) in [5, 5.41) is 23.2. The lowest BCUT2D eigenvalue weighted by atomic mass is 10.1. The van der Waals surface area contributed by atoms with E-state index in [1.165, 1.54) is 12.1 Å². The van der Waals surface area contributed by atoms with Gasteiger partial charge in [0.05, 0.1) is 4.92 Å². The maximum absolute atomic E-state index is 10.6. The first-order valence-electron chi connectivity index (χ1n) is 5.86. The molecule has 0 aliphatic rings. The highest BCUT2D eigenvalue weighted by atomic mass is 16.6. The van der Waals surface area contributed by atoms with Gasteiger partial charge in [0.15, 0.2) is 0 Å². The molecule has 19 heavy (non-hydrogen) atoms. The molecule has 0 saturated heterocycles. The molecule has 0 spiro atoms. The lowest BCUT2D eigenvalue weighted by Gasteiger charge is -2.15. The lowest BCUT2D eigenvalue weighted by Crippen LogP contribution is -2.06. The van der Waals surface area contributed by atoms with Gasteiger partial charge in [-0.2, -0.15) is 0 Å². The first-order chi connectivity index (χ1) is 9.06. The molecular weight excluding hydrogens is 244 g/mol. The molecule has 2 aromatic carbocycles. The van der Waals surface area contributed by atoms with E-state index in [-0.39, 0.29) is 17.5 Å². The van der Waals surface area contributed by atoms with Crippen molar-refractivity contribution >= 4 is 11.4 Å². The molecule has 1 unspecified atom stereocenters. The molecule has 2 aromatic rings. The van der Waals surface area contributed by atoms with Gasteiger partial charge in [-0.3, -0.25) is 10.1 Å². The third-order valence-corrected chi connectivity index (χ3v) is 2.83. The first-order valence-corrected chi connectivity index (χ1v) is 5.86. The van der Waals surface area contributed by atoms with Gasteiger partial charge in [0.1, 0.15) is 5.75 Å². The van der Waals surface area contributed by atoms with Crippen molar-refractivity contribution in [3.8, 4) is 5.75 Å². The van der Waals surface area contributed by atoms with Crippen LogP contribution in [0.3, 0.4) is 0 Å². The van der Waals surface area contributed by atoms with Crippen LogP contribution in [0.4, 0.5) is 11.4 Å². The van der Waals surface area contributed by atoms with Crippen LogP contribution in [0.25, 0.3) is 0 Å². The SMILES string of the molecule is CC(Nc1ccc([N+](=O)[O-])cc1)c1cccc(O)c1. The average molecular weight is 258 g/mol. The Kier molecular flexibility index (Phi) is 3.66. The van der Waals surface area contributed by atoms with Gasteiger partial charge < -0.3 is 10.4 Å². The summed E-state index contributed by atoms with van der Waals surface area (Å²) in [6.07, 6.45) is 0. The minimum atomic E-state index is -0.428. The molecule has 0 heterocycles. The number of hydrogen-bond donors (Lipinski definition) is 2. The molecule has 5 heteroatoms. The van der Waals surface area contributed by atoms with Crippen molar-refractivity contribution in [3.05, 3.63) is 64.2 Å². The zero-order valence-corrected chi connectivity index (χ0v) is 10.4. The topological polar surface area (TPSA) is 75.4 Å². The van der Waals surface area contributed by atoms with Crippen molar-refractivity contribution in [2.24, 2.45) is 0 Å². The Labute approximate surface area is 110 Å². The number of nitro benzene ring substituents is 1. The number of hydrogen-bond acceptors (Lipinski definition) is 4. The molecule has 1 atom stereocenters. The van der Waals surface area contributed by atoms with Gasteiger partial charge in [0, 0.05) is 23.9 Å². The number of nitrogens with one attached hydrogen (secondary N) is 1. The van der Waals surface area contributed by atoms with Gasteiger partial charge in [-0.25, -0.2) is 0 Å². The van der Waals surface area contributed by atoms with E-state index in [9.17, 15) is 15.2 Å². The third kappa shape index (κ3) is 3.22. The Balaban J connectivity index is 2.10. The van der Waals surface area contributed by atoms with E-state index in [0.29, 0.717) is 0 Å². The zero-order valence-electron chi connectivity index (χ0n) is 10.4. The molecule has 0 aromatic heterocycles. The lowest BCUT2D eigenvalue weighted by molar-refractivity contribution is -0.384. The molecule has 0 bridgehead atoms. The smallest absolute Gasteiger partial charge is 0.269 e. The number of nitrogens with zero attached hydrogens (tertiary/aromatic N) is 1. The predicted octanol–water partition coefficient (Wildman–Crippen LogP) is 3.47. The van der Waals surface area contributed by atoms with E-state index < -0.39 is 4.92 Å². The minimum Gasteiger partial charge on any atom is -0.508 e.